The van der Waals surface area contributed by atoms with Gasteiger partial charge in [-0.15, -0.1) is 4.72 Å². The number of para-hydroxylation sites is 1. The van der Waals surface area contributed by atoms with E-state index in [-0.39, 0.29) is 23.8 Å². The maximum absolute atomic E-state index is 13.2. The molecule has 1 amide bonds. The van der Waals surface area contributed by atoms with E-state index in [0.29, 0.717) is 36.7 Å². The summed E-state index contributed by atoms with van der Waals surface area (Å²) in [6, 6.07) is 37.2. The molecular formula is C32H33N3O3S. The molecule has 1 aliphatic heterocycles. The summed E-state index contributed by atoms with van der Waals surface area (Å²) in [5.41, 5.74) is 2.33. The van der Waals surface area contributed by atoms with Crippen LogP contribution in [0.4, 0.5) is 0 Å². The van der Waals surface area contributed by atoms with Crippen LogP contribution in [0.2, 0.25) is 0 Å². The molecule has 3 N–H and O–H groups in total. The SMILES string of the molecule is O=C(NCC(c1ccccc1)c1ccccc1)[C@@H]1CNC[C@H](N[S+]([O-])c2ccc(Oc3ccccc3)cc2)C1. The molecule has 0 aliphatic carbocycles. The maximum Gasteiger partial charge on any atom is 0.224 e. The van der Waals surface area contributed by atoms with Crippen LogP contribution in [-0.2, 0) is 16.2 Å². The van der Waals surface area contributed by atoms with Crippen molar-refractivity contribution in [1.29, 1.82) is 0 Å². The lowest BCUT2D eigenvalue weighted by molar-refractivity contribution is -0.125. The molecule has 4 aromatic carbocycles. The fourth-order valence-electron chi connectivity index (χ4n) is 4.85. The highest BCUT2D eigenvalue weighted by atomic mass is 32.2. The molecule has 0 bridgehead atoms. The lowest BCUT2D eigenvalue weighted by atomic mass is 9.90. The minimum absolute atomic E-state index is 0.0130. The molecule has 5 rings (SSSR count). The van der Waals surface area contributed by atoms with Crippen molar-refractivity contribution in [3.63, 3.8) is 0 Å². The summed E-state index contributed by atoms with van der Waals surface area (Å²) < 4.78 is 22.0. The van der Waals surface area contributed by atoms with E-state index in [1.54, 1.807) is 12.1 Å². The Balaban J connectivity index is 1.15. The second-order valence-electron chi connectivity index (χ2n) is 9.68. The van der Waals surface area contributed by atoms with Gasteiger partial charge in [0.2, 0.25) is 5.91 Å². The summed E-state index contributed by atoms with van der Waals surface area (Å²) in [5.74, 6) is 1.31. The highest BCUT2D eigenvalue weighted by Gasteiger charge is 2.30. The molecule has 0 saturated carbocycles. The quantitative estimate of drug-likeness (QED) is 0.247. The van der Waals surface area contributed by atoms with Gasteiger partial charge in [0.25, 0.3) is 0 Å². The lowest BCUT2D eigenvalue weighted by Gasteiger charge is -2.30. The number of carbonyl (C=O) groups is 1. The van der Waals surface area contributed by atoms with E-state index in [2.05, 4.69) is 39.6 Å². The van der Waals surface area contributed by atoms with Gasteiger partial charge in [-0.3, -0.25) is 4.79 Å². The number of nitrogens with one attached hydrogen (secondary N) is 3. The van der Waals surface area contributed by atoms with Crippen LogP contribution < -0.4 is 20.1 Å². The molecule has 0 radical (unpaired) electrons. The Kier molecular flexibility index (Phi) is 9.30. The third kappa shape index (κ3) is 7.49. The van der Waals surface area contributed by atoms with Gasteiger partial charge in [-0.05, 0) is 53.9 Å². The summed E-state index contributed by atoms with van der Waals surface area (Å²) in [7, 11) is 0. The van der Waals surface area contributed by atoms with Gasteiger partial charge < -0.3 is 19.9 Å². The molecule has 39 heavy (non-hydrogen) atoms. The van der Waals surface area contributed by atoms with Crippen molar-refractivity contribution < 1.29 is 14.1 Å². The lowest BCUT2D eigenvalue weighted by Crippen LogP contribution is -2.52. The largest absolute Gasteiger partial charge is 0.593 e. The van der Waals surface area contributed by atoms with Gasteiger partial charge in [0.15, 0.2) is 4.90 Å². The highest BCUT2D eigenvalue weighted by Crippen LogP contribution is 2.25. The summed E-state index contributed by atoms with van der Waals surface area (Å²) in [6.45, 7) is 1.77. The minimum Gasteiger partial charge on any atom is -0.593 e. The molecule has 3 atom stereocenters. The Morgan fingerprint density at radius 2 is 1.38 bits per heavy atom. The second-order valence-corrected chi connectivity index (χ2v) is 10.9. The van der Waals surface area contributed by atoms with Crippen molar-refractivity contribution in [2.75, 3.05) is 19.6 Å². The molecule has 1 unspecified atom stereocenters. The fraction of sp³-hybridized carbons (Fsp3) is 0.219. The van der Waals surface area contributed by atoms with Gasteiger partial charge in [-0.1, -0.05) is 78.9 Å². The monoisotopic (exact) mass is 539 g/mol. The highest BCUT2D eigenvalue weighted by molar-refractivity contribution is 7.89. The smallest absolute Gasteiger partial charge is 0.224 e. The van der Waals surface area contributed by atoms with Gasteiger partial charge >= 0.3 is 0 Å². The summed E-state index contributed by atoms with van der Waals surface area (Å²) in [6.07, 6.45) is 0.612. The van der Waals surface area contributed by atoms with Gasteiger partial charge in [-0.2, -0.15) is 0 Å². The maximum atomic E-state index is 13.2. The Morgan fingerprint density at radius 3 is 2.00 bits per heavy atom. The zero-order chi connectivity index (χ0) is 26.9. The topological polar surface area (TPSA) is 85.5 Å². The van der Waals surface area contributed by atoms with E-state index in [9.17, 15) is 9.35 Å². The predicted octanol–water partition coefficient (Wildman–Crippen LogP) is 5.02. The van der Waals surface area contributed by atoms with Crippen molar-refractivity contribution in [1.82, 2.24) is 15.4 Å². The van der Waals surface area contributed by atoms with Crippen LogP contribution >= 0.6 is 0 Å². The zero-order valence-electron chi connectivity index (χ0n) is 21.7. The standard InChI is InChI=1S/C32H33N3O3S/c36-32(34-23-31(24-10-4-1-5-11-24)25-12-6-2-7-13-25)26-20-27(22-33-21-26)35-39(37)30-18-16-29(17-19-30)38-28-14-8-3-9-15-28/h1-19,26-27,31,33,35H,20-23H2,(H,34,36)/t26-,27+,39?/m0/s1. The Labute approximate surface area is 233 Å². The van der Waals surface area contributed by atoms with Crippen LogP contribution in [0.3, 0.4) is 0 Å². The summed E-state index contributed by atoms with van der Waals surface area (Å²) >= 11 is -1.40. The van der Waals surface area contributed by atoms with Crippen molar-refractivity contribution in [3.05, 3.63) is 126 Å². The summed E-state index contributed by atoms with van der Waals surface area (Å²) in [5, 5.41) is 6.52. The second kappa shape index (κ2) is 13.4. The number of hydrogen-bond acceptors (Lipinski definition) is 5. The van der Waals surface area contributed by atoms with Crippen LogP contribution in [0.25, 0.3) is 0 Å². The number of benzene rings is 4. The average molecular weight is 540 g/mol. The Hall–Kier alpha value is -3.62. The van der Waals surface area contributed by atoms with Crippen molar-refractivity contribution in [2.45, 2.75) is 23.3 Å². The molecule has 1 aliphatic rings. The molecule has 200 valence electrons. The molecule has 4 aromatic rings. The van der Waals surface area contributed by atoms with Crippen LogP contribution in [-0.4, -0.2) is 36.1 Å². The molecular weight excluding hydrogens is 506 g/mol. The number of amides is 1. The minimum atomic E-state index is -1.40. The zero-order valence-corrected chi connectivity index (χ0v) is 22.5. The van der Waals surface area contributed by atoms with E-state index in [0.717, 1.165) is 5.75 Å². The average Bonchev–Trinajstić information content (AvgIpc) is 2.99. The van der Waals surface area contributed by atoms with E-state index < -0.39 is 11.4 Å². The van der Waals surface area contributed by atoms with Crippen LogP contribution in [0.5, 0.6) is 11.5 Å². The van der Waals surface area contributed by atoms with Crippen LogP contribution in [0, 0.1) is 5.92 Å². The van der Waals surface area contributed by atoms with Crippen LogP contribution in [0.1, 0.15) is 23.5 Å². The van der Waals surface area contributed by atoms with Gasteiger partial charge in [0, 0.05) is 25.6 Å². The molecule has 0 spiro atoms. The molecule has 1 heterocycles. The molecule has 6 nitrogen and oxygen atoms in total. The first-order valence-electron chi connectivity index (χ1n) is 13.2. The molecule has 1 fully saturated rings. The first-order valence-corrected chi connectivity index (χ1v) is 14.4. The summed E-state index contributed by atoms with van der Waals surface area (Å²) in [4.78, 5) is 13.8. The first-order chi connectivity index (χ1) is 19.2. The van der Waals surface area contributed by atoms with Crippen molar-refractivity contribution >= 4 is 17.3 Å². The number of piperidine rings is 1. The number of hydrogen-bond donors (Lipinski definition) is 3. The Morgan fingerprint density at radius 1 is 0.821 bits per heavy atom. The third-order valence-electron chi connectivity index (χ3n) is 6.90. The molecule has 1 saturated heterocycles. The van der Waals surface area contributed by atoms with Gasteiger partial charge in [0.1, 0.15) is 11.5 Å². The molecule has 0 aromatic heterocycles. The normalized spacial score (nSPS) is 17.9. The number of carbonyl (C=O) groups excluding carboxylic acids is 1. The first kappa shape index (κ1) is 27.0. The van der Waals surface area contributed by atoms with E-state index in [1.165, 1.54) is 11.1 Å². The van der Waals surface area contributed by atoms with E-state index >= 15 is 0 Å². The van der Waals surface area contributed by atoms with E-state index in [1.807, 2.05) is 78.9 Å². The predicted molar refractivity (Wildman–Crippen MR) is 155 cm³/mol. The van der Waals surface area contributed by atoms with Gasteiger partial charge in [0.05, 0.1) is 23.3 Å². The van der Waals surface area contributed by atoms with Crippen molar-refractivity contribution in [2.24, 2.45) is 5.92 Å². The van der Waals surface area contributed by atoms with Gasteiger partial charge in [-0.25, -0.2) is 0 Å². The number of ether oxygens (including phenoxy) is 1. The van der Waals surface area contributed by atoms with Crippen molar-refractivity contribution in [3.8, 4) is 11.5 Å². The number of rotatable bonds is 10. The molecule has 7 heteroatoms. The van der Waals surface area contributed by atoms with Crippen LogP contribution in [0.15, 0.2) is 120 Å². The fourth-order valence-corrected chi connectivity index (χ4v) is 5.85. The Bertz CT molecular complexity index is 1270. The third-order valence-corrected chi connectivity index (χ3v) is 8.14. The van der Waals surface area contributed by atoms with E-state index in [4.69, 9.17) is 4.74 Å².